The molecule has 1 amide bonds. The van der Waals surface area contributed by atoms with Crippen LogP contribution in [0.15, 0.2) is 72.0 Å². The molecule has 0 N–H and O–H groups in total. The predicted octanol–water partition coefficient (Wildman–Crippen LogP) is 5.46. The average molecular weight is 544 g/mol. The molecule has 2 aromatic carbocycles. The number of anilines is 1. The van der Waals surface area contributed by atoms with Gasteiger partial charge >= 0.3 is 0 Å². The molecule has 3 aromatic rings. The van der Waals surface area contributed by atoms with Gasteiger partial charge in [0, 0.05) is 23.9 Å². The van der Waals surface area contributed by atoms with Gasteiger partial charge in [0.15, 0.2) is 5.16 Å². The fraction of sp³-hybridized carbons (Fsp3) is 0.452. The first-order valence-electron chi connectivity index (χ1n) is 13.8. The van der Waals surface area contributed by atoms with Crippen molar-refractivity contribution in [2.45, 2.75) is 87.1 Å². The first kappa shape index (κ1) is 25.8. The summed E-state index contributed by atoms with van der Waals surface area (Å²) < 4.78 is 7.51. The van der Waals surface area contributed by atoms with Crippen LogP contribution >= 0.6 is 11.8 Å². The number of aromatic nitrogens is 2. The van der Waals surface area contributed by atoms with Gasteiger partial charge < -0.3 is 4.43 Å². The number of hydrogen-bond acceptors (Lipinski definition) is 5. The van der Waals surface area contributed by atoms with Crippen molar-refractivity contribution in [3.8, 4) is 0 Å². The Labute approximate surface area is 231 Å². The van der Waals surface area contributed by atoms with Gasteiger partial charge in [-0.1, -0.05) is 93.2 Å². The van der Waals surface area contributed by atoms with Crippen LogP contribution in [0.3, 0.4) is 0 Å². The zero-order valence-corrected chi connectivity index (χ0v) is 24.6. The highest BCUT2D eigenvalue weighted by Crippen LogP contribution is 2.58. The lowest BCUT2D eigenvalue weighted by Crippen LogP contribution is -2.68. The van der Waals surface area contributed by atoms with E-state index in [9.17, 15) is 4.79 Å². The maximum Gasteiger partial charge on any atom is 0.261 e. The molecule has 1 spiro atoms. The molecule has 5 nitrogen and oxygen atoms in total. The molecule has 0 saturated heterocycles. The number of benzene rings is 2. The number of rotatable bonds is 6. The SMILES string of the molecule is CSc1ncc2c(n1)N([C@@H]1CCC[C@@H](O[Si](c3ccccc3)(c3ccccc3)C(C)(C)C)C1)C(=O)C21CC1. The van der Waals surface area contributed by atoms with Crippen LogP contribution in [-0.4, -0.2) is 42.6 Å². The van der Waals surface area contributed by atoms with Crippen LogP contribution in [0.4, 0.5) is 5.82 Å². The first-order valence-corrected chi connectivity index (χ1v) is 17.0. The predicted molar refractivity (Wildman–Crippen MR) is 157 cm³/mol. The summed E-state index contributed by atoms with van der Waals surface area (Å²) in [5.74, 6) is 1.08. The van der Waals surface area contributed by atoms with Crippen LogP contribution in [0.2, 0.25) is 5.04 Å². The van der Waals surface area contributed by atoms with Gasteiger partial charge in [0.05, 0.1) is 5.41 Å². The van der Waals surface area contributed by atoms with E-state index in [2.05, 4.69) is 86.4 Å². The molecule has 6 rings (SSSR count). The number of carbonyl (C=O) groups is 1. The minimum absolute atomic E-state index is 0.0722. The van der Waals surface area contributed by atoms with E-state index in [4.69, 9.17) is 9.41 Å². The number of carbonyl (C=O) groups excluding carboxylic acids is 1. The number of nitrogens with zero attached hydrogens (tertiary/aromatic N) is 3. The summed E-state index contributed by atoms with van der Waals surface area (Å²) in [6.07, 6.45) is 9.68. The van der Waals surface area contributed by atoms with Crippen molar-refractivity contribution in [3.63, 3.8) is 0 Å². The number of thioether (sulfide) groups is 1. The highest BCUT2D eigenvalue weighted by molar-refractivity contribution is 7.98. The topological polar surface area (TPSA) is 55.3 Å². The quantitative estimate of drug-likeness (QED) is 0.235. The standard InChI is InChI=1S/C31H37N3O2SSi/c1-30(2,3)38(24-14-7-5-8-15-24,25-16-9-6-10-17-25)36-23-13-11-12-22(20-23)34-27-26(21-32-29(33-27)37-4)31(18-19-31)28(34)35/h5-10,14-17,21-23H,11-13,18-20H2,1-4H3/t22-,23-/m1/s1. The van der Waals surface area contributed by atoms with E-state index < -0.39 is 8.32 Å². The monoisotopic (exact) mass is 543 g/mol. The van der Waals surface area contributed by atoms with Crippen molar-refractivity contribution >= 4 is 42.2 Å². The molecule has 2 fully saturated rings. The summed E-state index contributed by atoms with van der Waals surface area (Å²) in [5.41, 5.74) is 0.660. The molecule has 3 aliphatic rings. The Bertz CT molecular complexity index is 1280. The minimum atomic E-state index is -2.66. The fourth-order valence-electron chi connectivity index (χ4n) is 6.77. The van der Waals surface area contributed by atoms with E-state index in [1.165, 1.54) is 22.1 Å². The summed E-state index contributed by atoms with van der Waals surface area (Å²) in [7, 11) is -2.66. The van der Waals surface area contributed by atoms with Crippen molar-refractivity contribution in [1.29, 1.82) is 0 Å². The average Bonchev–Trinajstić information content (AvgIpc) is 3.70. The number of hydrogen-bond donors (Lipinski definition) is 0. The number of fused-ring (bicyclic) bond motifs is 2. The third kappa shape index (κ3) is 4.05. The molecule has 0 unspecified atom stereocenters. The second-order valence-electron chi connectivity index (χ2n) is 12.1. The normalized spacial score (nSPS) is 22.5. The summed E-state index contributed by atoms with van der Waals surface area (Å²) in [4.78, 5) is 25.3. The van der Waals surface area contributed by atoms with Crippen molar-refractivity contribution in [3.05, 3.63) is 72.4 Å². The Morgan fingerprint density at radius 2 is 1.63 bits per heavy atom. The van der Waals surface area contributed by atoms with Gasteiger partial charge in [-0.2, -0.15) is 0 Å². The second kappa shape index (κ2) is 9.61. The van der Waals surface area contributed by atoms with E-state index in [-0.39, 0.29) is 28.5 Å². The molecule has 198 valence electrons. The van der Waals surface area contributed by atoms with E-state index in [0.717, 1.165) is 55.1 Å². The second-order valence-corrected chi connectivity index (χ2v) is 17.1. The van der Waals surface area contributed by atoms with Crippen LogP contribution in [0.5, 0.6) is 0 Å². The summed E-state index contributed by atoms with van der Waals surface area (Å²) in [5, 5.41) is 3.27. The maximum absolute atomic E-state index is 13.9. The fourth-order valence-corrected chi connectivity index (χ4v) is 11.8. The molecule has 7 heteroatoms. The Hall–Kier alpha value is -2.48. The van der Waals surface area contributed by atoms with Gasteiger partial charge in [0.1, 0.15) is 5.82 Å². The number of amides is 1. The smallest absolute Gasteiger partial charge is 0.261 e. The summed E-state index contributed by atoms with van der Waals surface area (Å²) in [6.45, 7) is 6.99. The van der Waals surface area contributed by atoms with Crippen molar-refractivity contribution in [2.24, 2.45) is 0 Å². The van der Waals surface area contributed by atoms with Gasteiger partial charge in [-0.3, -0.25) is 9.69 Å². The van der Waals surface area contributed by atoms with E-state index in [1.54, 1.807) is 0 Å². The molecule has 1 aromatic heterocycles. The zero-order valence-electron chi connectivity index (χ0n) is 22.8. The van der Waals surface area contributed by atoms with Gasteiger partial charge in [-0.25, -0.2) is 9.97 Å². The molecular formula is C31H37N3O2SSi. The Balaban J connectivity index is 1.36. The van der Waals surface area contributed by atoms with Crippen LogP contribution in [0.1, 0.15) is 64.9 Å². The lowest BCUT2D eigenvalue weighted by molar-refractivity contribution is -0.120. The summed E-state index contributed by atoms with van der Waals surface area (Å²) >= 11 is 1.53. The molecule has 1 aliphatic heterocycles. The van der Waals surface area contributed by atoms with Crippen molar-refractivity contribution in [2.75, 3.05) is 11.2 Å². The van der Waals surface area contributed by atoms with E-state index in [1.807, 2.05) is 17.4 Å². The van der Waals surface area contributed by atoms with Gasteiger partial charge in [0.25, 0.3) is 8.32 Å². The Kier molecular flexibility index (Phi) is 6.52. The molecule has 0 bridgehead atoms. The van der Waals surface area contributed by atoms with Gasteiger partial charge in [-0.15, -0.1) is 0 Å². The molecular weight excluding hydrogens is 507 g/mol. The van der Waals surface area contributed by atoms with Gasteiger partial charge in [-0.05, 0) is 60.2 Å². The Morgan fingerprint density at radius 1 is 1.00 bits per heavy atom. The minimum Gasteiger partial charge on any atom is -0.404 e. The highest BCUT2D eigenvalue weighted by atomic mass is 32.2. The van der Waals surface area contributed by atoms with Crippen LogP contribution < -0.4 is 15.3 Å². The zero-order chi connectivity index (χ0) is 26.5. The third-order valence-electron chi connectivity index (χ3n) is 8.77. The van der Waals surface area contributed by atoms with Gasteiger partial charge in [0.2, 0.25) is 5.91 Å². The molecule has 0 radical (unpaired) electrons. The largest absolute Gasteiger partial charge is 0.404 e. The molecule has 2 atom stereocenters. The van der Waals surface area contributed by atoms with Crippen molar-refractivity contribution < 1.29 is 9.22 Å². The van der Waals surface area contributed by atoms with Crippen molar-refractivity contribution in [1.82, 2.24) is 9.97 Å². The summed E-state index contributed by atoms with van der Waals surface area (Å²) in [6, 6.07) is 21.8. The molecule has 2 aliphatic carbocycles. The molecule has 2 saturated carbocycles. The lowest BCUT2D eigenvalue weighted by atomic mass is 9.92. The lowest BCUT2D eigenvalue weighted by Gasteiger charge is -2.47. The third-order valence-corrected chi connectivity index (χ3v) is 14.4. The Morgan fingerprint density at radius 3 is 2.18 bits per heavy atom. The van der Waals surface area contributed by atoms with Crippen LogP contribution in [-0.2, 0) is 14.6 Å². The van der Waals surface area contributed by atoms with Crippen LogP contribution in [0.25, 0.3) is 0 Å². The highest BCUT2D eigenvalue weighted by Gasteiger charge is 2.62. The van der Waals surface area contributed by atoms with E-state index in [0.29, 0.717) is 0 Å². The first-order chi connectivity index (χ1) is 18.3. The molecule has 38 heavy (non-hydrogen) atoms. The van der Waals surface area contributed by atoms with E-state index >= 15 is 0 Å². The molecule has 2 heterocycles. The maximum atomic E-state index is 13.9. The van der Waals surface area contributed by atoms with Crippen LogP contribution in [0, 0.1) is 0 Å².